The number of thiophene rings is 1. The topological polar surface area (TPSA) is 88.3 Å². The molecular formula is C14H14N2O4S. The molecule has 2 aromatic rings. The summed E-state index contributed by atoms with van der Waals surface area (Å²) in [5, 5.41) is 4.61. The number of ether oxygens (including phenoxy) is 1. The van der Waals surface area contributed by atoms with Crippen molar-refractivity contribution in [2.45, 2.75) is 12.5 Å². The van der Waals surface area contributed by atoms with Crippen LogP contribution in [0.4, 0.5) is 0 Å². The van der Waals surface area contributed by atoms with E-state index < -0.39 is 17.9 Å². The molecule has 2 N–H and O–H groups in total. The van der Waals surface area contributed by atoms with Crippen LogP contribution in [0.15, 0.2) is 40.6 Å². The van der Waals surface area contributed by atoms with Gasteiger partial charge in [0.2, 0.25) is 5.56 Å². The molecule has 2 rings (SSSR count). The van der Waals surface area contributed by atoms with Gasteiger partial charge >= 0.3 is 5.97 Å². The summed E-state index contributed by atoms with van der Waals surface area (Å²) in [6.45, 7) is 0. The lowest BCUT2D eigenvalue weighted by atomic mass is 10.1. The maximum atomic E-state index is 12.2. The van der Waals surface area contributed by atoms with Crippen molar-refractivity contribution in [3.05, 3.63) is 56.6 Å². The Morgan fingerprint density at radius 2 is 2.24 bits per heavy atom. The van der Waals surface area contributed by atoms with Gasteiger partial charge in [-0.05, 0) is 17.5 Å². The van der Waals surface area contributed by atoms with Gasteiger partial charge in [0.1, 0.15) is 0 Å². The molecule has 0 bridgehead atoms. The third-order valence-corrected chi connectivity index (χ3v) is 3.81. The lowest BCUT2D eigenvalue weighted by molar-refractivity contribution is -0.141. The Morgan fingerprint density at radius 3 is 2.86 bits per heavy atom. The monoisotopic (exact) mass is 306 g/mol. The fourth-order valence-corrected chi connectivity index (χ4v) is 2.57. The highest BCUT2D eigenvalue weighted by molar-refractivity contribution is 7.10. The number of esters is 1. The summed E-state index contributed by atoms with van der Waals surface area (Å²) in [5.74, 6) is -0.831. The van der Waals surface area contributed by atoms with E-state index in [2.05, 4.69) is 15.0 Å². The Bertz CT molecular complexity index is 678. The molecule has 1 atom stereocenters. The molecule has 0 aliphatic rings. The molecule has 7 heteroatoms. The van der Waals surface area contributed by atoms with E-state index in [1.54, 1.807) is 0 Å². The zero-order valence-electron chi connectivity index (χ0n) is 11.3. The van der Waals surface area contributed by atoms with Crippen LogP contribution in [0.3, 0.4) is 0 Å². The van der Waals surface area contributed by atoms with Crippen LogP contribution in [0.2, 0.25) is 0 Å². The predicted molar refractivity (Wildman–Crippen MR) is 78.2 cm³/mol. The summed E-state index contributed by atoms with van der Waals surface area (Å²) in [6.07, 6.45) is 1.43. The second-order valence-corrected chi connectivity index (χ2v) is 5.24. The van der Waals surface area contributed by atoms with E-state index in [0.29, 0.717) is 0 Å². The zero-order chi connectivity index (χ0) is 15.2. The number of aromatic nitrogens is 1. The van der Waals surface area contributed by atoms with Crippen molar-refractivity contribution in [1.82, 2.24) is 10.3 Å². The Hall–Kier alpha value is -2.41. The minimum absolute atomic E-state index is 0.0337. The maximum absolute atomic E-state index is 12.2. The Morgan fingerprint density at radius 1 is 1.43 bits per heavy atom. The predicted octanol–water partition coefficient (Wildman–Crippen LogP) is 1.47. The van der Waals surface area contributed by atoms with E-state index in [0.717, 1.165) is 4.88 Å². The summed E-state index contributed by atoms with van der Waals surface area (Å²) >= 11 is 1.43. The SMILES string of the molecule is COC(=O)CC(NC(=O)c1cc[nH]c(=O)c1)c1cccs1. The van der Waals surface area contributed by atoms with E-state index in [9.17, 15) is 14.4 Å². The van der Waals surface area contributed by atoms with Gasteiger partial charge in [0.15, 0.2) is 0 Å². The second kappa shape index (κ2) is 6.85. The van der Waals surface area contributed by atoms with Crippen molar-refractivity contribution in [2.24, 2.45) is 0 Å². The van der Waals surface area contributed by atoms with Crippen LogP contribution in [-0.4, -0.2) is 24.0 Å². The Kier molecular flexibility index (Phi) is 4.89. The molecule has 6 nitrogen and oxygen atoms in total. The summed E-state index contributed by atoms with van der Waals surface area (Å²) in [4.78, 5) is 38.1. The third-order valence-electron chi connectivity index (χ3n) is 2.83. The van der Waals surface area contributed by atoms with Gasteiger partial charge in [-0.15, -0.1) is 11.3 Å². The number of hydrogen-bond donors (Lipinski definition) is 2. The van der Waals surface area contributed by atoms with Gasteiger partial charge in [-0.1, -0.05) is 6.07 Å². The molecule has 0 spiro atoms. The smallest absolute Gasteiger partial charge is 0.307 e. The highest BCUT2D eigenvalue weighted by atomic mass is 32.1. The van der Waals surface area contributed by atoms with Gasteiger partial charge in [0, 0.05) is 22.7 Å². The third kappa shape index (κ3) is 4.03. The van der Waals surface area contributed by atoms with Crippen molar-refractivity contribution >= 4 is 23.2 Å². The largest absolute Gasteiger partial charge is 0.469 e. The first-order valence-electron chi connectivity index (χ1n) is 6.20. The highest BCUT2D eigenvalue weighted by Crippen LogP contribution is 2.22. The number of pyridine rings is 1. The minimum Gasteiger partial charge on any atom is -0.469 e. The van der Waals surface area contributed by atoms with Gasteiger partial charge in [-0.25, -0.2) is 0 Å². The van der Waals surface area contributed by atoms with Gasteiger partial charge in [-0.2, -0.15) is 0 Å². The first kappa shape index (κ1) is 15.0. The molecule has 0 aromatic carbocycles. The molecular weight excluding hydrogens is 292 g/mol. The number of aromatic amines is 1. The molecule has 110 valence electrons. The number of nitrogens with one attached hydrogen (secondary N) is 2. The van der Waals surface area contributed by atoms with Crippen molar-refractivity contribution in [2.75, 3.05) is 7.11 Å². The van der Waals surface area contributed by atoms with Crippen LogP contribution < -0.4 is 10.9 Å². The summed E-state index contributed by atoms with van der Waals surface area (Å²) < 4.78 is 4.64. The molecule has 2 heterocycles. The van der Waals surface area contributed by atoms with Gasteiger partial charge in [-0.3, -0.25) is 14.4 Å². The summed E-state index contributed by atoms with van der Waals surface area (Å²) in [6, 6.07) is 5.89. The quantitative estimate of drug-likeness (QED) is 0.819. The maximum Gasteiger partial charge on any atom is 0.307 e. The second-order valence-electron chi connectivity index (χ2n) is 4.26. The molecule has 0 saturated heterocycles. The number of carbonyl (C=O) groups excluding carboxylic acids is 2. The van der Waals surface area contributed by atoms with Crippen molar-refractivity contribution in [1.29, 1.82) is 0 Å². The molecule has 0 radical (unpaired) electrons. The van der Waals surface area contributed by atoms with Gasteiger partial charge < -0.3 is 15.0 Å². The summed E-state index contributed by atoms with van der Waals surface area (Å²) in [7, 11) is 1.30. The van der Waals surface area contributed by atoms with E-state index in [1.165, 1.54) is 36.8 Å². The van der Waals surface area contributed by atoms with E-state index in [1.807, 2.05) is 17.5 Å². The van der Waals surface area contributed by atoms with Gasteiger partial charge in [0.05, 0.1) is 19.6 Å². The number of H-pyrrole nitrogens is 1. The molecule has 0 fully saturated rings. The number of methoxy groups -OCH3 is 1. The first-order valence-corrected chi connectivity index (χ1v) is 7.08. The molecule has 0 aliphatic carbocycles. The van der Waals surface area contributed by atoms with Crippen LogP contribution in [-0.2, 0) is 9.53 Å². The van der Waals surface area contributed by atoms with E-state index in [-0.39, 0.29) is 17.5 Å². The number of rotatable bonds is 5. The fourth-order valence-electron chi connectivity index (χ4n) is 1.79. The first-order chi connectivity index (χ1) is 10.1. The van der Waals surface area contributed by atoms with Crippen LogP contribution in [0.25, 0.3) is 0 Å². The van der Waals surface area contributed by atoms with E-state index >= 15 is 0 Å². The normalized spacial score (nSPS) is 11.7. The van der Waals surface area contributed by atoms with Gasteiger partial charge in [0.25, 0.3) is 5.91 Å². The average Bonchev–Trinajstić information content (AvgIpc) is 3.00. The molecule has 1 unspecified atom stereocenters. The lowest BCUT2D eigenvalue weighted by Crippen LogP contribution is -2.30. The molecule has 21 heavy (non-hydrogen) atoms. The van der Waals surface area contributed by atoms with Crippen molar-refractivity contribution < 1.29 is 14.3 Å². The van der Waals surface area contributed by atoms with E-state index in [4.69, 9.17) is 0 Å². The van der Waals surface area contributed by atoms with Crippen LogP contribution in [0.1, 0.15) is 27.7 Å². The molecule has 2 aromatic heterocycles. The van der Waals surface area contributed by atoms with Crippen LogP contribution in [0.5, 0.6) is 0 Å². The lowest BCUT2D eigenvalue weighted by Gasteiger charge is -2.16. The highest BCUT2D eigenvalue weighted by Gasteiger charge is 2.20. The minimum atomic E-state index is -0.482. The molecule has 1 amide bonds. The van der Waals surface area contributed by atoms with Crippen LogP contribution in [0, 0.1) is 0 Å². The average molecular weight is 306 g/mol. The van der Waals surface area contributed by atoms with Crippen molar-refractivity contribution in [3.8, 4) is 0 Å². The molecule has 0 aliphatic heterocycles. The number of hydrogen-bond acceptors (Lipinski definition) is 5. The Balaban J connectivity index is 2.16. The molecule has 0 saturated carbocycles. The summed E-state index contributed by atoms with van der Waals surface area (Å²) in [5.41, 5.74) is -0.117. The Labute approximate surface area is 124 Å². The van der Waals surface area contributed by atoms with Crippen molar-refractivity contribution in [3.63, 3.8) is 0 Å². The number of carbonyl (C=O) groups is 2. The zero-order valence-corrected chi connectivity index (χ0v) is 12.1. The fraction of sp³-hybridized carbons (Fsp3) is 0.214. The number of amides is 1. The standard InChI is InChI=1S/C14H14N2O4S/c1-20-13(18)8-10(11-3-2-6-21-11)16-14(19)9-4-5-15-12(17)7-9/h2-7,10H,8H2,1H3,(H,15,17)(H,16,19). The van der Waals surface area contributed by atoms with Crippen LogP contribution >= 0.6 is 11.3 Å².